The second-order valence-corrected chi connectivity index (χ2v) is 6.73. The predicted molar refractivity (Wildman–Crippen MR) is 96.7 cm³/mol. The molecule has 5 nitrogen and oxygen atoms in total. The highest BCUT2D eigenvalue weighted by Crippen LogP contribution is 2.38. The number of aryl methyl sites for hydroxylation is 3. The number of nitrogens with zero attached hydrogens (tertiary/aromatic N) is 1. The van der Waals surface area contributed by atoms with Crippen molar-refractivity contribution in [2.45, 2.75) is 26.7 Å². The Morgan fingerprint density at radius 3 is 2.62 bits per heavy atom. The first-order chi connectivity index (χ1) is 11.3. The van der Waals surface area contributed by atoms with Crippen molar-refractivity contribution in [2.24, 2.45) is 7.05 Å². The molecule has 0 radical (unpaired) electrons. The monoisotopic (exact) mass is 415 g/mol. The molecule has 0 fully saturated rings. The summed E-state index contributed by atoms with van der Waals surface area (Å²) in [5.74, 6) is -0.717. The van der Waals surface area contributed by atoms with Crippen LogP contribution in [0.5, 0.6) is 0 Å². The molecular formula is C17H19BrClNO4. The van der Waals surface area contributed by atoms with Gasteiger partial charge in [0.1, 0.15) is 5.69 Å². The molecule has 0 aliphatic rings. The molecule has 0 amide bonds. The number of hydrogen-bond donors (Lipinski definition) is 0. The lowest BCUT2D eigenvalue weighted by atomic mass is 10.0. The van der Waals surface area contributed by atoms with Crippen molar-refractivity contribution in [2.75, 3.05) is 13.7 Å². The lowest BCUT2D eigenvalue weighted by molar-refractivity contribution is -0.141. The van der Waals surface area contributed by atoms with E-state index in [1.807, 2.05) is 20.0 Å². The van der Waals surface area contributed by atoms with E-state index in [0.29, 0.717) is 30.2 Å². The van der Waals surface area contributed by atoms with Crippen LogP contribution in [-0.2, 0) is 27.7 Å². The predicted octanol–water partition coefficient (Wildman–Crippen LogP) is 4.18. The number of rotatable bonds is 5. The summed E-state index contributed by atoms with van der Waals surface area (Å²) in [5, 5.41) is 1.56. The second-order valence-electron chi connectivity index (χ2n) is 5.53. The topological polar surface area (TPSA) is 57.5 Å². The third-order valence-electron chi connectivity index (χ3n) is 3.91. The highest BCUT2D eigenvalue weighted by atomic mass is 79.9. The normalized spacial score (nSPS) is 10.9. The van der Waals surface area contributed by atoms with Crippen LogP contribution in [0.25, 0.3) is 10.9 Å². The lowest BCUT2D eigenvalue weighted by Gasteiger charge is -2.07. The van der Waals surface area contributed by atoms with Crippen LogP contribution in [0.4, 0.5) is 0 Å². The Hall–Kier alpha value is -1.53. The van der Waals surface area contributed by atoms with Crippen LogP contribution in [0.2, 0.25) is 5.02 Å². The summed E-state index contributed by atoms with van der Waals surface area (Å²) in [4.78, 5) is 23.2. The van der Waals surface area contributed by atoms with Gasteiger partial charge in [0, 0.05) is 19.4 Å². The minimum atomic E-state index is -0.404. The summed E-state index contributed by atoms with van der Waals surface area (Å²) in [6.45, 7) is 3.64. The van der Waals surface area contributed by atoms with Crippen molar-refractivity contribution in [3.63, 3.8) is 0 Å². The van der Waals surface area contributed by atoms with E-state index < -0.39 is 5.97 Å². The van der Waals surface area contributed by atoms with Crippen LogP contribution in [0.1, 0.15) is 35.0 Å². The molecule has 0 aliphatic carbocycles. The molecule has 0 unspecified atom stereocenters. The van der Waals surface area contributed by atoms with E-state index in [2.05, 4.69) is 15.9 Å². The summed E-state index contributed by atoms with van der Waals surface area (Å²) >= 11 is 9.78. The zero-order chi connectivity index (χ0) is 18.0. The molecule has 24 heavy (non-hydrogen) atoms. The number of carbonyl (C=O) groups is 2. The molecule has 0 atom stereocenters. The third-order valence-corrected chi connectivity index (χ3v) is 5.23. The molecule has 1 heterocycles. The number of benzene rings is 1. The summed E-state index contributed by atoms with van der Waals surface area (Å²) in [7, 11) is 3.17. The fraction of sp³-hybridized carbons (Fsp3) is 0.412. The fourth-order valence-electron chi connectivity index (χ4n) is 2.93. The second kappa shape index (κ2) is 7.57. The smallest absolute Gasteiger partial charge is 0.354 e. The molecule has 2 rings (SSSR count). The zero-order valence-electron chi connectivity index (χ0n) is 14.0. The number of aromatic nitrogens is 1. The van der Waals surface area contributed by atoms with Gasteiger partial charge in [0.15, 0.2) is 0 Å². The van der Waals surface area contributed by atoms with Gasteiger partial charge in [0.25, 0.3) is 0 Å². The summed E-state index contributed by atoms with van der Waals surface area (Å²) in [6.07, 6.45) is 1.20. The Morgan fingerprint density at radius 2 is 2.04 bits per heavy atom. The minimum absolute atomic E-state index is 0.306. The maximum atomic E-state index is 12.3. The van der Waals surface area contributed by atoms with E-state index in [0.717, 1.165) is 26.5 Å². The number of halogens is 2. The van der Waals surface area contributed by atoms with Crippen molar-refractivity contribution in [3.8, 4) is 0 Å². The van der Waals surface area contributed by atoms with E-state index in [-0.39, 0.29) is 5.97 Å². The first-order valence-electron chi connectivity index (χ1n) is 7.47. The minimum Gasteiger partial charge on any atom is -0.466 e. The molecule has 0 saturated heterocycles. The molecule has 7 heteroatoms. The Morgan fingerprint density at radius 1 is 1.38 bits per heavy atom. The standard InChI is InChI=1S/C17H19BrClNO4/c1-9-8-12(19)14(18)16-13(9)11(6-5-7-24-10(2)21)15(20(16)3)17(22)23-4/h8H,5-7H2,1-4H3. The van der Waals surface area contributed by atoms with Crippen LogP contribution in [0.15, 0.2) is 10.5 Å². The molecule has 0 saturated carbocycles. The highest BCUT2D eigenvalue weighted by molar-refractivity contribution is 9.10. The lowest BCUT2D eigenvalue weighted by Crippen LogP contribution is -2.11. The molecule has 130 valence electrons. The van der Waals surface area contributed by atoms with Gasteiger partial charge < -0.3 is 14.0 Å². The van der Waals surface area contributed by atoms with Crippen molar-refractivity contribution in [1.29, 1.82) is 0 Å². The average molecular weight is 417 g/mol. The number of methoxy groups -OCH3 is 1. The van der Waals surface area contributed by atoms with E-state index >= 15 is 0 Å². The van der Waals surface area contributed by atoms with E-state index in [1.54, 1.807) is 4.57 Å². The zero-order valence-corrected chi connectivity index (χ0v) is 16.4. The Balaban J connectivity index is 2.59. The Labute approximate surface area is 154 Å². The number of hydrogen-bond acceptors (Lipinski definition) is 4. The van der Waals surface area contributed by atoms with Crippen LogP contribution in [0, 0.1) is 6.92 Å². The van der Waals surface area contributed by atoms with Crippen molar-refractivity contribution in [3.05, 3.63) is 32.4 Å². The number of carbonyl (C=O) groups excluding carboxylic acids is 2. The summed E-state index contributed by atoms with van der Waals surface area (Å²) in [6, 6.07) is 1.87. The average Bonchev–Trinajstić information content (AvgIpc) is 2.81. The largest absolute Gasteiger partial charge is 0.466 e. The van der Waals surface area contributed by atoms with Gasteiger partial charge in [-0.3, -0.25) is 4.79 Å². The third kappa shape index (κ3) is 3.44. The van der Waals surface area contributed by atoms with Gasteiger partial charge in [-0.15, -0.1) is 0 Å². The van der Waals surface area contributed by atoms with Gasteiger partial charge in [-0.25, -0.2) is 4.79 Å². The molecular weight excluding hydrogens is 398 g/mol. The first kappa shape index (κ1) is 18.8. The van der Waals surface area contributed by atoms with Crippen LogP contribution >= 0.6 is 27.5 Å². The van der Waals surface area contributed by atoms with Gasteiger partial charge in [0.2, 0.25) is 0 Å². The molecule has 1 aromatic heterocycles. The molecule has 0 spiro atoms. The Kier molecular flexibility index (Phi) is 5.93. The van der Waals surface area contributed by atoms with Gasteiger partial charge in [-0.2, -0.15) is 0 Å². The van der Waals surface area contributed by atoms with Crippen LogP contribution < -0.4 is 0 Å². The van der Waals surface area contributed by atoms with E-state index in [4.69, 9.17) is 21.1 Å². The quantitative estimate of drug-likeness (QED) is 0.542. The Bertz CT molecular complexity index is 813. The highest BCUT2D eigenvalue weighted by Gasteiger charge is 2.25. The van der Waals surface area contributed by atoms with Gasteiger partial charge in [-0.05, 0) is 52.9 Å². The summed E-state index contributed by atoms with van der Waals surface area (Å²) in [5.41, 5.74) is 3.19. The van der Waals surface area contributed by atoms with Crippen molar-refractivity contribution >= 4 is 50.4 Å². The molecule has 0 aliphatic heterocycles. The number of fused-ring (bicyclic) bond motifs is 1. The summed E-state index contributed by atoms with van der Waals surface area (Å²) < 4.78 is 12.5. The molecule has 1 aromatic carbocycles. The molecule has 0 N–H and O–H groups in total. The van der Waals surface area contributed by atoms with Crippen molar-refractivity contribution < 1.29 is 19.1 Å². The van der Waals surface area contributed by atoms with Crippen LogP contribution in [0.3, 0.4) is 0 Å². The van der Waals surface area contributed by atoms with Crippen LogP contribution in [-0.4, -0.2) is 30.2 Å². The first-order valence-corrected chi connectivity index (χ1v) is 8.64. The van der Waals surface area contributed by atoms with Gasteiger partial charge >= 0.3 is 11.9 Å². The number of esters is 2. The SMILES string of the molecule is COC(=O)c1c(CCCOC(C)=O)c2c(C)cc(Cl)c(Br)c2n1C. The maximum Gasteiger partial charge on any atom is 0.354 e. The number of ether oxygens (including phenoxy) is 2. The maximum absolute atomic E-state index is 12.3. The molecule has 0 bridgehead atoms. The van der Waals surface area contributed by atoms with E-state index in [9.17, 15) is 9.59 Å². The van der Waals surface area contributed by atoms with Crippen molar-refractivity contribution in [1.82, 2.24) is 4.57 Å². The van der Waals surface area contributed by atoms with Gasteiger partial charge in [0.05, 0.1) is 28.7 Å². The van der Waals surface area contributed by atoms with Gasteiger partial charge in [-0.1, -0.05) is 11.6 Å². The van der Waals surface area contributed by atoms with E-state index in [1.165, 1.54) is 14.0 Å². The molecule has 2 aromatic rings. The fourth-order valence-corrected chi connectivity index (χ4v) is 3.76.